The van der Waals surface area contributed by atoms with Crippen LogP contribution in [0.25, 0.3) is 10.9 Å². The van der Waals surface area contributed by atoms with Gasteiger partial charge in [-0.2, -0.15) is 0 Å². The Morgan fingerprint density at radius 3 is 2.82 bits per heavy atom. The van der Waals surface area contributed by atoms with E-state index in [1.165, 1.54) is 0 Å². The summed E-state index contributed by atoms with van der Waals surface area (Å²) in [4.78, 5) is 17.0. The van der Waals surface area contributed by atoms with E-state index in [1.807, 2.05) is 37.3 Å². The Balaban J connectivity index is 0.00000121. The Labute approximate surface area is 142 Å². The summed E-state index contributed by atoms with van der Waals surface area (Å²) in [5, 5.41) is 7.35. The van der Waals surface area contributed by atoms with Crippen molar-refractivity contribution in [2.75, 3.05) is 13.1 Å². The summed E-state index contributed by atoms with van der Waals surface area (Å²) >= 11 is 0. The molecule has 3 rings (SSSR count). The molecular weight excluding hydrogens is 321 g/mol. The average Bonchev–Trinajstić information content (AvgIpc) is 2.47. The summed E-state index contributed by atoms with van der Waals surface area (Å²) in [5.74, 6) is 0.000370. The molecule has 0 aliphatic carbocycles. The van der Waals surface area contributed by atoms with E-state index in [-0.39, 0.29) is 36.8 Å². The lowest BCUT2D eigenvalue weighted by Crippen LogP contribution is -2.45. The van der Waals surface area contributed by atoms with E-state index < -0.39 is 0 Å². The summed E-state index contributed by atoms with van der Waals surface area (Å²) < 4.78 is 0. The zero-order valence-electron chi connectivity index (χ0n) is 12.5. The van der Waals surface area contributed by atoms with Gasteiger partial charge in [-0.3, -0.25) is 9.78 Å². The first-order chi connectivity index (χ1) is 9.74. The Morgan fingerprint density at radius 1 is 1.32 bits per heavy atom. The molecule has 1 aliphatic heterocycles. The third-order valence-electron chi connectivity index (χ3n) is 3.72. The second-order valence-electron chi connectivity index (χ2n) is 5.35. The van der Waals surface area contributed by atoms with Gasteiger partial charge in [0, 0.05) is 23.7 Å². The van der Waals surface area contributed by atoms with Gasteiger partial charge in [-0.05, 0) is 38.4 Å². The van der Waals surface area contributed by atoms with Crippen LogP contribution in [0.15, 0.2) is 30.3 Å². The highest BCUT2D eigenvalue weighted by molar-refractivity contribution is 6.06. The van der Waals surface area contributed by atoms with Crippen molar-refractivity contribution in [3.63, 3.8) is 0 Å². The van der Waals surface area contributed by atoms with Gasteiger partial charge in [-0.25, -0.2) is 0 Å². The minimum atomic E-state index is 0. The number of piperidine rings is 1. The van der Waals surface area contributed by atoms with Crippen LogP contribution in [0.3, 0.4) is 0 Å². The van der Waals surface area contributed by atoms with Crippen molar-refractivity contribution in [1.29, 1.82) is 0 Å². The van der Waals surface area contributed by atoms with E-state index in [4.69, 9.17) is 0 Å². The Hall–Kier alpha value is -1.36. The van der Waals surface area contributed by atoms with Crippen LogP contribution in [0.2, 0.25) is 0 Å². The zero-order chi connectivity index (χ0) is 13.9. The lowest BCUT2D eigenvalue weighted by molar-refractivity contribution is 0.0932. The molecule has 2 N–H and O–H groups in total. The van der Waals surface area contributed by atoms with Crippen LogP contribution in [-0.4, -0.2) is 30.0 Å². The first kappa shape index (κ1) is 18.7. The SMILES string of the molecule is Cc1cc(C(=O)N[C@H]2CCCNC2)c2ccccc2n1.Cl.Cl. The number of fused-ring (bicyclic) bond motifs is 1. The quantitative estimate of drug-likeness (QED) is 0.882. The predicted octanol–water partition coefficient (Wildman–Crippen LogP) is 2.87. The van der Waals surface area contributed by atoms with Crippen molar-refractivity contribution in [3.8, 4) is 0 Å². The number of nitrogens with one attached hydrogen (secondary N) is 2. The molecule has 1 amide bonds. The summed E-state index contributed by atoms with van der Waals surface area (Å²) in [6.07, 6.45) is 2.15. The van der Waals surface area contributed by atoms with Crippen LogP contribution < -0.4 is 10.6 Å². The molecule has 0 spiro atoms. The second-order valence-corrected chi connectivity index (χ2v) is 5.35. The highest BCUT2D eigenvalue weighted by atomic mass is 35.5. The monoisotopic (exact) mass is 341 g/mol. The standard InChI is InChI=1S/C16H19N3O.2ClH/c1-11-9-14(13-6-2-3-7-15(13)18-11)16(20)19-12-5-4-8-17-10-12;;/h2-3,6-7,9,12,17H,4-5,8,10H2,1H3,(H,19,20);2*1H/t12-;;/m0../s1. The molecule has 1 atom stereocenters. The molecular formula is C16H21Cl2N3O. The molecule has 1 fully saturated rings. The molecule has 1 aromatic heterocycles. The third-order valence-corrected chi connectivity index (χ3v) is 3.72. The number of carbonyl (C=O) groups excluding carboxylic acids is 1. The molecule has 1 aromatic carbocycles. The molecule has 6 heteroatoms. The minimum absolute atomic E-state index is 0. The zero-order valence-corrected chi connectivity index (χ0v) is 14.1. The number of benzene rings is 1. The molecule has 120 valence electrons. The van der Waals surface area contributed by atoms with Gasteiger partial charge in [-0.15, -0.1) is 24.8 Å². The molecule has 0 radical (unpaired) electrons. The molecule has 1 saturated heterocycles. The van der Waals surface area contributed by atoms with E-state index in [0.717, 1.165) is 48.1 Å². The van der Waals surface area contributed by atoms with Gasteiger partial charge in [0.2, 0.25) is 0 Å². The minimum Gasteiger partial charge on any atom is -0.348 e. The van der Waals surface area contributed by atoms with Crippen molar-refractivity contribution in [1.82, 2.24) is 15.6 Å². The van der Waals surface area contributed by atoms with Crippen molar-refractivity contribution < 1.29 is 4.79 Å². The summed E-state index contributed by atoms with van der Waals surface area (Å²) in [6.45, 7) is 3.82. The van der Waals surface area contributed by atoms with Gasteiger partial charge in [0.05, 0.1) is 11.1 Å². The fourth-order valence-corrected chi connectivity index (χ4v) is 2.73. The fraction of sp³-hybridized carbons (Fsp3) is 0.375. The molecule has 0 bridgehead atoms. The topological polar surface area (TPSA) is 54.0 Å². The number of rotatable bonds is 2. The maximum absolute atomic E-state index is 12.5. The third kappa shape index (κ3) is 4.09. The molecule has 1 aliphatic rings. The summed E-state index contributed by atoms with van der Waals surface area (Å²) in [6, 6.07) is 9.88. The van der Waals surface area contributed by atoms with Gasteiger partial charge in [0.1, 0.15) is 0 Å². The smallest absolute Gasteiger partial charge is 0.252 e. The Morgan fingerprint density at radius 2 is 2.09 bits per heavy atom. The largest absolute Gasteiger partial charge is 0.348 e. The number of pyridine rings is 1. The lowest BCUT2D eigenvalue weighted by Gasteiger charge is -2.24. The first-order valence-corrected chi connectivity index (χ1v) is 7.12. The van der Waals surface area contributed by atoms with Gasteiger partial charge in [-0.1, -0.05) is 18.2 Å². The maximum Gasteiger partial charge on any atom is 0.252 e. The summed E-state index contributed by atoms with van der Waals surface area (Å²) in [5.41, 5.74) is 2.47. The molecule has 2 heterocycles. The van der Waals surface area contributed by atoms with Crippen LogP contribution in [-0.2, 0) is 0 Å². The van der Waals surface area contributed by atoms with Gasteiger partial charge < -0.3 is 10.6 Å². The lowest BCUT2D eigenvalue weighted by atomic mass is 10.0. The molecule has 0 unspecified atom stereocenters. The van der Waals surface area contributed by atoms with E-state index in [2.05, 4.69) is 15.6 Å². The second kappa shape index (κ2) is 8.32. The normalized spacial score (nSPS) is 17.2. The van der Waals surface area contributed by atoms with E-state index >= 15 is 0 Å². The van der Waals surface area contributed by atoms with Crippen LogP contribution in [0.5, 0.6) is 0 Å². The molecule has 0 saturated carbocycles. The fourth-order valence-electron chi connectivity index (χ4n) is 2.73. The van der Waals surface area contributed by atoms with E-state index in [9.17, 15) is 4.79 Å². The van der Waals surface area contributed by atoms with Crippen LogP contribution >= 0.6 is 24.8 Å². The number of aryl methyl sites for hydroxylation is 1. The van der Waals surface area contributed by atoms with Crippen LogP contribution in [0.4, 0.5) is 0 Å². The van der Waals surface area contributed by atoms with Gasteiger partial charge >= 0.3 is 0 Å². The van der Waals surface area contributed by atoms with Gasteiger partial charge in [0.25, 0.3) is 5.91 Å². The predicted molar refractivity (Wildman–Crippen MR) is 94.3 cm³/mol. The first-order valence-electron chi connectivity index (χ1n) is 7.12. The van der Waals surface area contributed by atoms with E-state index in [0.29, 0.717) is 0 Å². The molecule has 4 nitrogen and oxygen atoms in total. The van der Waals surface area contributed by atoms with Gasteiger partial charge in [0.15, 0.2) is 0 Å². The number of para-hydroxylation sites is 1. The Kier molecular flexibility index (Phi) is 7.07. The molecule has 22 heavy (non-hydrogen) atoms. The van der Waals surface area contributed by atoms with E-state index in [1.54, 1.807) is 0 Å². The summed E-state index contributed by atoms with van der Waals surface area (Å²) in [7, 11) is 0. The number of hydrogen-bond donors (Lipinski definition) is 2. The van der Waals surface area contributed by atoms with Crippen LogP contribution in [0.1, 0.15) is 28.9 Å². The maximum atomic E-state index is 12.5. The van der Waals surface area contributed by atoms with Crippen molar-refractivity contribution >= 4 is 41.6 Å². The van der Waals surface area contributed by atoms with Crippen molar-refractivity contribution in [2.24, 2.45) is 0 Å². The van der Waals surface area contributed by atoms with Crippen molar-refractivity contribution in [3.05, 3.63) is 41.6 Å². The highest BCUT2D eigenvalue weighted by Gasteiger charge is 2.18. The number of hydrogen-bond acceptors (Lipinski definition) is 3. The molecule has 2 aromatic rings. The van der Waals surface area contributed by atoms with Crippen molar-refractivity contribution in [2.45, 2.75) is 25.8 Å². The number of carbonyl (C=O) groups is 1. The highest BCUT2D eigenvalue weighted by Crippen LogP contribution is 2.18. The number of aromatic nitrogens is 1. The number of nitrogens with zero attached hydrogens (tertiary/aromatic N) is 1. The average molecular weight is 342 g/mol. The van der Waals surface area contributed by atoms with Crippen LogP contribution in [0, 0.1) is 6.92 Å². The number of halogens is 2. The Bertz CT molecular complexity index is 642. The number of amides is 1.